The molecule has 0 unspecified atom stereocenters. The van der Waals surface area contributed by atoms with E-state index in [1.807, 2.05) is 0 Å². The number of rotatable bonds is 6. The average Bonchev–Trinajstić information content (AvgIpc) is 3.15. The van der Waals surface area contributed by atoms with Crippen LogP contribution in [0.1, 0.15) is 32.1 Å². The molecule has 0 spiro atoms. The number of nitrogens with zero attached hydrogens (tertiary/aromatic N) is 3. The Kier molecular flexibility index (Phi) is 5.17. The molecule has 3 N–H and O–H groups in total. The van der Waals surface area contributed by atoms with Crippen molar-refractivity contribution in [1.29, 1.82) is 0 Å². The largest absolute Gasteiger partial charge is 0.368 e. The number of hydrogen-bond donors (Lipinski definition) is 3. The van der Waals surface area contributed by atoms with Crippen LogP contribution in [0.2, 0.25) is 0 Å². The lowest BCUT2D eigenvalue weighted by molar-refractivity contribution is 0.373. The summed E-state index contributed by atoms with van der Waals surface area (Å²) in [6.07, 6.45) is 9.23. The van der Waals surface area contributed by atoms with Gasteiger partial charge in [0, 0.05) is 18.5 Å². The first-order valence-corrected chi connectivity index (χ1v) is 11.4. The van der Waals surface area contributed by atoms with E-state index in [9.17, 15) is 8.42 Å². The van der Waals surface area contributed by atoms with Crippen molar-refractivity contribution in [2.24, 2.45) is 5.92 Å². The minimum absolute atomic E-state index is 0.275. The van der Waals surface area contributed by atoms with Crippen molar-refractivity contribution in [2.75, 3.05) is 23.4 Å². The van der Waals surface area contributed by atoms with Gasteiger partial charge in [0.2, 0.25) is 5.95 Å². The van der Waals surface area contributed by atoms with Crippen LogP contribution in [0.25, 0.3) is 11.2 Å². The lowest BCUT2D eigenvalue weighted by atomic mass is 9.89. The molecule has 28 heavy (non-hydrogen) atoms. The van der Waals surface area contributed by atoms with Crippen LogP contribution in [-0.2, 0) is 9.84 Å². The van der Waals surface area contributed by atoms with Gasteiger partial charge in [-0.1, -0.05) is 19.3 Å². The summed E-state index contributed by atoms with van der Waals surface area (Å²) in [7, 11) is -3.22. The van der Waals surface area contributed by atoms with Gasteiger partial charge < -0.3 is 15.6 Å². The minimum Gasteiger partial charge on any atom is -0.368 e. The van der Waals surface area contributed by atoms with E-state index in [2.05, 4.69) is 30.6 Å². The van der Waals surface area contributed by atoms with Gasteiger partial charge in [-0.05, 0) is 43.0 Å². The Morgan fingerprint density at radius 3 is 2.57 bits per heavy atom. The van der Waals surface area contributed by atoms with Crippen LogP contribution in [-0.4, -0.2) is 41.2 Å². The Bertz CT molecular complexity index is 1060. The Balaban J connectivity index is 1.54. The molecule has 8 nitrogen and oxygen atoms in total. The molecule has 9 heteroatoms. The van der Waals surface area contributed by atoms with Gasteiger partial charge in [-0.15, -0.1) is 0 Å². The van der Waals surface area contributed by atoms with Crippen molar-refractivity contribution in [1.82, 2.24) is 19.9 Å². The van der Waals surface area contributed by atoms with Crippen molar-refractivity contribution in [3.63, 3.8) is 0 Å². The number of aromatic amines is 1. The predicted molar refractivity (Wildman–Crippen MR) is 110 cm³/mol. The number of imidazole rings is 1. The Morgan fingerprint density at radius 1 is 1.11 bits per heavy atom. The lowest BCUT2D eigenvalue weighted by Gasteiger charge is -2.22. The molecule has 0 bridgehead atoms. The third kappa shape index (κ3) is 4.24. The van der Waals surface area contributed by atoms with E-state index in [1.54, 1.807) is 30.6 Å². The van der Waals surface area contributed by atoms with E-state index < -0.39 is 9.84 Å². The van der Waals surface area contributed by atoms with E-state index in [-0.39, 0.29) is 4.90 Å². The van der Waals surface area contributed by atoms with E-state index in [4.69, 9.17) is 0 Å². The molecule has 0 amide bonds. The van der Waals surface area contributed by atoms with E-state index in [1.165, 1.54) is 38.4 Å². The highest BCUT2D eigenvalue weighted by Crippen LogP contribution is 2.26. The van der Waals surface area contributed by atoms with E-state index in [0.29, 0.717) is 23.2 Å². The third-order valence-electron chi connectivity index (χ3n) is 5.11. The van der Waals surface area contributed by atoms with Gasteiger partial charge in [0.1, 0.15) is 5.52 Å². The van der Waals surface area contributed by atoms with Crippen LogP contribution in [0, 0.1) is 5.92 Å². The number of sulfone groups is 1. The van der Waals surface area contributed by atoms with Crippen LogP contribution in [0.5, 0.6) is 0 Å². The molecule has 0 radical (unpaired) electrons. The summed E-state index contributed by atoms with van der Waals surface area (Å²) in [6.45, 7) is 0.883. The second-order valence-corrected chi connectivity index (χ2v) is 9.32. The molecule has 0 saturated heterocycles. The molecular formula is C19H24N6O2S. The molecular weight excluding hydrogens is 376 g/mol. The Morgan fingerprint density at radius 2 is 1.86 bits per heavy atom. The highest BCUT2D eigenvalue weighted by Gasteiger charge is 2.16. The van der Waals surface area contributed by atoms with Crippen molar-refractivity contribution < 1.29 is 8.42 Å². The van der Waals surface area contributed by atoms with Crippen molar-refractivity contribution in [2.45, 2.75) is 37.0 Å². The summed E-state index contributed by atoms with van der Waals surface area (Å²) < 4.78 is 23.2. The second-order valence-electron chi connectivity index (χ2n) is 7.30. The predicted octanol–water partition coefficient (Wildman–Crippen LogP) is 3.49. The third-order valence-corrected chi connectivity index (χ3v) is 6.24. The minimum atomic E-state index is -3.22. The van der Waals surface area contributed by atoms with Gasteiger partial charge in [-0.3, -0.25) is 0 Å². The number of anilines is 3. The number of hydrogen-bond acceptors (Lipinski definition) is 7. The molecule has 2 aromatic heterocycles. The summed E-state index contributed by atoms with van der Waals surface area (Å²) in [5, 5.41) is 6.59. The number of nitrogens with one attached hydrogen (secondary N) is 3. The first-order valence-electron chi connectivity index (χ1n) is 9.51. The molecule has 0 atom stereocenters. The molecule has 1 saturated carbocycles. The van der Waals surface area contributed by atoms with E-state index >= 15 is 0 Å². The zero-order chi connectivity index (χ0) is 19.6. The fourth-order valence-corrected chi connectivity index (χ4v) is 4.19. The molecule has 1 aliphatic rings. The zero-order valence-corrected chi connectivity index (χ0v) is 16.6. The summed E-state index contributed by atoms with van der Waals surface area (Å²) in [4.78, 5) is 16.7. The molecule has 0 aliphatic heterocycles. The molecule has 1 aromatic carbocycles. The van der Waals surface area contributed by atoms with Crippen LogP contribution in [0.4, 0.5) is 17.5 Å². The first-order chi connectivity index (χ1) is 13.5. The van der Waals surface area contributed by atoms with Gasteiger partial charge in [0.15, 0.2) is 21.3 Å². The molecule has 1 fully saturated rings. The SMILES string of the molecule is CS(=O)(=O)c1ccc(Nc2nc(NCC3CCCCC3)c3[nH]cnc3n2)cc1. The summed E-state index contributed by atoms with van der Waals surface area (Å²) in [5.74, 6) is 1.81. The average molecular weight is 401 g/mol. The standard InChI is InChI=1S/C19H24N6O2S/c1-28(26,27)15-9-7-14(8-10-15)23-19-24-17(16-18(25-19)22-12-21-16)20-11-13-5-3-2-4-6-13/h7-10,12-13H,2-6,11H2,1H3,(H3,20,21,22,23,24,25). The zero-order valence-electron chi connectivity index (χ0n) is 15.8. The molecule has 2 heterocycles. The van der Waals surface area contributed by atoms with Gasteiger partial charge in [0.05, 0.1) is 11.2 Å². The molecule has 4 rings (SSSR count). The molecule has 148 valence electrons. The summed E-state index contributed by atoms with van der Waals surface area (Å²) in [6, 6.07) is 6.52. The normalized spacial score (nSPS) is 15.6. The number of fused-ring (bicyclic) bond motifs is 1. The van der Waals surface area contributed by atoms with Crippen LogP contribution >= 0.6 is 0 Å². The lowest BCUT2D eigenvalue weighted by Crippen LogP contribution is -2.18. The van der Waals surface area contributed by atoms with Crippen LogP contribution in [0.3, 0.4) is 0 Å². The van der Waals surface area contributed by atoms with Crippen molar-refractivity contribution in [3.8, 4) is 0 Å². The van der Waals surface area contributed by atoms with Gasteiger partial charge in [-0.25, -0.2) is 13.4 Å². The maximum absolute atomic E-state index is 11.6. The smallest absolute Gasteiger partial charge is 0.231 e. The van der Waals surface area contributed by atoms with E-state index in [0.717, 1.165) is 17.9 Å². The van der Waals surface area contributed by atoms with Crippen molar-refractivity contribution >= 4 is 38.5 Å². The van der Waals surface area contributed by atoms with Gasteiger partial charge in [0.25, 0.3) is 0 Å². The second kappa shape index (κ2) is 7.75. The fraction of sp³-hybridized carbons (Fsp3) is 0.421. The number of H-pyrrole nitrogens is 1. The number of benzene rings is 1. The molecule has 3 aromatic rings. The summed E-state index contributed by atoms with van der Waals surface area (Å²) in [5.41, 5.74) is 2.07. The first kappa shape index (κ1) is 18.7. The van der Waals surface area contributed by atoms with Crippen LogP contribution in [0.15, 0.2) is 35.5 Å². The topological polar surface area (TPSA) is 113 Å². The Hall–Kier alpha value is -2.68. The maximum atomic E-state index is 11.6. The quantitative estimate of drug-likeness (QED) is 0.580. The maximum Gasteiger partial charge on any atom is 0.231 e. The van der Waals surface area contributed by atoms with Crippen LogP contribution < -0.4 is 10.6 Å². The van der Waals surface area contributed by atoms with Crippen molar-refractivity contribution in [3.05, 3.63) is 30.6 Å². The highest BCUT2D eigenvalue weighted by molar-refractivity contribution is 7.90. The fourth-order valence-electron chi connectivity index (χ4n) is 3.56. The molecule has 1 aliphatic carbocycles. The Labute approximate surface area is 164 Å². The highest BCUT2D eigenvalue weighted by atomic mass is 32.2. The van der Waals surface area contributed by atoms with Gasteiger partial charge >= 0.3 is 0 Å². The van der Waals surface area contributed by atoms with Gasteiger partial charge in [-0.2, -0.15) is 9.97 Å². The number of aromatic nitrogens is 4. The summed E-state index contributed by atoms with van der Waals surface area (Å²) >= 11 is 0. The monoisotopic (exact) mass is 400 g/mol.